The average molecular weight is 367 g/mol. The number of hydrogen-bond donors (Lipinski definition) is 2. The van der Waals surface area contributed by atoms with E-state index in [9.17, 15) is 9.59 Å². The van der Waals surface area contributed by atoms with Gasteiger partial charge >= 0.3 is 0 Å². The Morgan fingerprint density at radius 3 is 2.48 bits per heavy atom. The molecule has 0 radical (unpaired) electrons. The third-order valence-corrected chi connectivity index (χ3v) is 4.69. The number of nitrogens with two attached hydrogens (primary N) is 1. The summed E-state index contributed by atoms with van der Waals surface area (Å²) in [5, 5.41) is 3.36. The Labute approximate surface area is 159 Å². The highest BCUT2D eigenvalue weighted by molar-refractivity contribution is 5.98. The van der Waals surface area contributed by atoms with Crippen LogP contribution in [0.2, 0.25) is 0 Å². The summed E-state index contributed by atoms with van der Waals surface area (Å²) < 4.78 is 5.62. The van der Waals surface area contributed by atoms with Crippen LogP contribution in [0, 0.1) is 5.92 Å². The van der Waals surface area contributed by atoms with E-state index in [0.29, 0.717) is 17.4 Å². The van der Waals surface area contributed by atoms with Crippen molar-refractivity contribution in [3.05, 3.63) is 60.2 Å². The molecule has 3 N–H and O–H groups in total. The third-order valence-electron chi connectivity index (χ3n) is 4.69. The summed E-state index contributed by atoms with van der Waals surface area (Å²) >= 11 is 0. The quantitative estimate of drug-likeness (QED) is 0.820. The zero-order valence-corrected chi connectivity index (χ0v) is 15.6. The van der Waals surface area contributed by atoms with Crippen LogP contribution in [0.15, 0.2) is 54.6 Å². The first-order valence-corrected chi connectivity index (χ1v) is 9.11. The molecule has 142 valence electrons. The molecule has 0 bridgehead atoms. The third kappa shape index (κ3) is 4.28. The zero-order valence-electron chi connectivity index (χ0n) is 15.6. The minimum Gasteiger partial charge on any atom is -0.477 e. The molecule has 0 fully saturated rings. The lowest BCUT2D eigenvalue weighted by Crippen LogP contribution is -2.51. The van der Waals surface area contributed by atoms with Crippen molar-refractivity contribution in [1.29, 1.82) is 0 Å². The van der Waals surface area contributed by atoms with E-state index in [1.807, 2.05) is 30.3 Å². The maximum absolute atomic E-state index is 12.9. The van der Waals surface area contributed by atoms with Crippen LogP contribution in [0.5, 0.6) is 5.75 Å². The molecule has 1 heterocycles. The summed E-state index contributed by atoms with van der Waals surface area (Å²) in [7, 11) is 0. The number of primary amides is 1. The number of benzene rings is 2. The van der Waals surface area contributed by atoms with Crippen LogP contribution in [0.4, 0.5) is 5.69 Å². The fourth-order valence-electron chi connectivity index (χ4n) is 3.31. The molecule has 0 unspecified atom stereocenters. The number of carbonyl (C=O) groups excluding carboxylic acids is 2. The van der Waals surface area contributed by atoms with Crippen LogP contribution >= 0.6 is 0 Å². The van der Waals surface area contributed by atoms with Gasteiger partial charge in [0.05, 0.1) is 18.8 Å². The molecule has 0 aliphatic carbocycles. The standard InChI is InChI=1S/C21H25N3O3/c1-14(2)20(15-8-4-3-5-9-15)23-12-19(25)24-13-18(21(22)26)27-17-11-7-6-10-16(17)24/h3-11,14,18,20,23H,12-13H2,1-2H3,(H2,22,26)/t18-,20-/m0/s1. The molecule has 27 heavy (non-hydrogen) atoms. The van der Waals surface area contributed by atoms with Crippen molar-refractivity contribution in [3.63, 3.8) is 0 Å². The van der Waals surface area contributed by atoms with Crippen molar-refractivity contribution in [2.45, 2.75) is 26.0 Å². The van der Waals surface area contributed by atoms with Gasteiger partial charge in [-0.15, -0.1) is 0 Å². The molecule has 2 aromatic rings. The van der Waals surface area contributed by atoms with E-state index in [1.165, 1.54) is 0 Å². The lowest BCUT2D eigenvalue weighted by molar-refractivity contribution is -0.125. The summed E-state index contributed by atoms with van der Waals surface area (Å²) in [6, 6.07) is 17.3. The van der Waals surface area contributed by atoms with E-state index in [4.69, 9.17) is 10.5 Å². The van der Waals surface area contributed by atoms with Gasteiger partial charge in [0.1, 0.15) is 5.75 Å². The molecular formula is C21H25N3O3. The van der Waals surface area contributed by atoms with Gasteiger partial charge in [0.15, 0.2) is 6.10 Å². The Kier molecular flexibility index (Phi) is 5.76. The number of carbonyl (C=O) groups is 2. The fourth-order valence-corrected chi connectivity index (χ4v) is 3.31. The zero-order chi connectivity index (χ0) is 19.4. The summed E-state index contributed by atoms with van der Waals surface area (Å²) in [5.74, 6) is 0.0955. The van der Waals surface area contributed by atoms with Crippen molar-refractivity contribution >= 4 is 17.5 Å². The number of hydrogen-bond acceptors (Lipinski definition) is 4. The van der Waals surface area contributed by atoms with E-state index in [1.54, 1.807) is 17.0 Å². The molecule has 0 spiro atoms. The summed E-state index contributed by atoms with van der Waals surface area (Å²) in [6.07, 6.45) is -0.848. The molecular weight excluding hydrogens is 342 g/mol. The van der Waals surface area contributed by atoms with E-state index >= 15 is 0 Å². The summed E-state index contributed by atoms with van der Waals surface area (Å²) in [6.45, 7) is 4.49. The first kappa shape index (κ1) is 18.9. The number of fused-ring (bicyclic) bond motifs is 1. The molecule has 1 aliphatic heterocycles. The molecule has 2 atom stereocenters. The smallest absolute Gasteiger partial charge is 0.260 e. The van der Waals surface area contributed by atoms with Crippen LogP contribution < -0.4 is 20.7 Å². The maximum atomic E-state index is 12.9. The van der Waals surface area contributed by atoms with Gasteiger partial charge in [0.25, 0.3) is 5.91 Å². The Balaban J connectivity index is 1.76. The predicted octanol–water partition coefficient (Wildman–Crippen LogP) is 2.25. The van der Waals surface area contributed by atoms with Crippen molar-refractivity contribution < 1.29 is 14.3 Å². The van der Waals surface area contributed by atoms with Crippen molar-refractivity contribution in [3.8, 4) is 5.75 Å². The van der Waals surface area contributed by atoms with Gasteiger partial charge in [0.2, 0.25) is 5.91 Å². The van der Waals surface area contributed by atoms with Crippen molar-refractivity contribution in [2.24, 2.45) is 11.7 Å². The Hall–Kier alpha value is -2.86. The van der Waals surface area contributed by atoms with Gasteiger partial charge in [-0.1, -0.05) is 56.3 Å². The minimum absolute atomic E-state index is 0.0540. The van der Waals surface area contributed by atoms with Crippen LogP contribution in [-0.2, 0) is 9.59 Å². The molecule has 2 aromatic carbocycles. The van der Waals surface area contributed by atoms with Crippen molar-refractivity contribution in [2.75, 3.05) is 18.0 Å². The second-order valence-corrected chi connectivity index (χ2v) is 6.99. The fraction of sp³-hybridized carbons (Fsp3) is 0.333. The van der Waals surface area contributed by atoms with Gasteiger partial charge < -0.3 is 20.7 Å². The lowest BCUT2D eigenvalue weighted by atomic mass is 9.96. The van der Waals surface area contributed by atoms with Crippen LogP contribution in [0.3, 0.4) is 0 Å². The van der Waals surface area contributed by atoms with Gasteiger partial charge in [-0.25, -0.2) is 0 Å². The van der Waals surface area contributed by atoms with E-state index in [0.717, 1.165) is 5.56 Å². The molecule has 0 aromatic heterocycles. The maximum Gasteiger partial charge on any atom is 0.260 e. The highest BCUT2D eigenvalue weighted by Gasteiger charge is 2.32. The summed E-state index contributed by atoms with van der Waals surface area (Å²) in [4.78, 5) is 26.1. The second kappa shape index (κ2) is 8.22. The summed E-state index contributed by atoms with van der Waals surface area (Å²) in [5.41, 5.74) is 7.20. The minimum atomic E-state index is -0.848. The normalized spacial score (nSPS) is 17.1. The molecule has 1 aliphatic rings. The Morgan fingerprint density at radius 2 is 1.81 bits per heavy atom. The van der Waals surface area contributed by atoms with Gasteiger partial charge in [-0.05, 0) is 23.6 Å². The number of nitrogens with one attached hydrogen (secondary N) is 1. The first-order valence-electron chi connectivity index (χ1n) is 9.11. The van der Waals surface area contributed by atoms with Gasteiger partial charge in [-0.3, -0.25) is 9.59 Å². The lowest BCUT2D eigenvalue weighted by Gasteiger charge is -2.34. The number of rotatable bonds is 6. The molecule has 2 amide bonds. The largest absolute Gasteiger partial charge is 0.477 e. The molecule has 0 saturated heterocycles. The molecule has 6 heteroatoms. The topological polar surface area (TPSA) is 84.7 Å². The van der Waals surface area contributed by atoms with Crippen LogP contribution in [0.1, 0.15) is 25.5 Å². The van der Waals surface area contributed by atoms with Crippen LogP contribution in [-0.4, -0.2) is 31.0 Å². The van der Waals surface area contributed by atoms with Crippen molar-refractivity contribution in [1.82, 2.24) is 5.32 Å². The Morgan fingerprint density at radius 1 is 1.15 bits per heavy atom. The highest BCUT2D eigenvalue weighted by Crippen LogP contribution is 2.33. The average Bonchev–Trinajstić information content (AvgIpc) is 2.67. The first-order chi connectivity index (χ1) is 13.0. The monoisotopic (exact) mass is 367 g/mol. The Bertz CT molecular complexity index is 807. The van der Waals surface area contributed by atoms with E-state index in [2.05, 4.69) is 31.3 Å². The SMILES string of the molecule is CC(C)[C@H](NCC(=O)N1C[C@@H](C(N)=O)Oc2ccccc21)c1ccccc1. The number of nitrogens with zero attached hydrogens (tertiary/aromatic N) is 1. The predicted molar refractivity (Wildman–Crippen MR) is 104 cm³/mol. The highest BCUT2D eigenvalue weighted by atomic mass is 16.5. The van der Waals surface area contributed by atoms with Gasteiger partial charge in [-0.2, -0.15) is 0 Å². The van der Waals surface area contributed by atoms with Crippen LogP contribution in [0.25, 0.3) is 0 Å². The van der Waals surface area contributed by atoms with E-state index in [-0.39, 0.29) is 25.0 Å². The van der Waals surface area contributed by atoms with Gasteiger partial charge in [0, 0.05) is 6.04 Å². The van der Waals surface area contributed by atoms with E-state index < -0.39 is 12.0 Å². The molecule has 0 saturated carbocycles. The number of anilines is 1. The number of amides is 2. The number of para-hydroxylation sites is 2. The molecule has 3 rings (SSSR count). The number of ether oxygens (including phenoxy) is 1. The molecule has 6 nitrogen and oxygen atoms in total. The second-order valence-electron chi connectivity index (χ2n) is 6.99.